The third-order valence-electron chi connectivity index (χ3n) is 12.1. The van der Waals surface area contributed by atoms with Gasteiger partial charge in [0.2, 0.25) is 27.7 Å². The fraction of sp³-hybridized carbons (Fsp3) is 0.625. The number of nitrogens with one attached hydrogen (secondary N) is 3. The second-order valence-corrected chi connectivity index (χ2v) is 18.7. The van der Waals surface area contributed by atoms with E-state index in [0.29, 0.717) is 18.7 Å². The first-order valence-corrected chi connectivity index (χ1v) is 21.1. The van der Waals surface area contributed by atoms with Crippen LogP contribution in [0.4, 0.5) is 4.79 Å². The van der Waals surface area contributed by atoms with E-state index in [2.05, 4.69) is 59.8 Å². The van der Waals surface area contributed by atoms with Gasteiger partial charge in [-0.3, -0.25) is 19.1 Å². The Balaban J connectivity index is 1.23. The molecule has 4 fully saturated rings. The minimum absolute atomic E-state index is 0.0302. The molecule has 0 spiro atoms. The average molecular weight is 764 g/mol. The highest BCUT2D eigenvalue weighted by Gasteiger charge is 2.62. The van der Waals surface area contributed by atoms with Crippen molar-refractivity contribution in [2.45, 2.75) is 127 Å². The number of hydrogen-bond donors (Lipinski definition) is 3. The van der Waals surface area contributed by atoms with E-state index < -0.39 is 68.7 Å². The molecule has 4 bridgehead atoms. The summed E-state index contributed by atoms with van der Waals surface area (Å²) in [5.74, 6) is -2.10. The average Bonchev–Trinajstić information content (AvgIpc) is 4.01. The molecule has 2 aromatic rings. The van der Waals surface area contributed by atoms with E-state index in [9.17, 15) is 27.6 Å². The number of aromatic nitrogens is 1. The summed E-state index contributed by atoms with van der Waals surface area (Å²) in [4.78, 5) is 62.1. The lowest BCUT2D eigenvalue weighted by atomic mass is 9.87. The lowest BCUT2D eigenvalue weighted by Gasteiger charge is -2.32. The van der Waals surface area contributed by atoms with Crippen LogP contribution in [0.1, 0.15) is 96.1 Å². The highest BCUT2D eigenvalue weighted by molar-refractivity contribution is 7.91. The summed E-state index contributed by atoms with van der Waals surface area (Å²) in [6.07, 6.45) is 9.70. The van der Waals surface area contributed by atoms with Crippen LogP contribution >= 0.6 is 0 Å². The Morgan fingerprint density at radius 1 is 1.11 bits per heavy atom. The van der Waals surface area contributed by atoms with E-state index in [0.717, 1.165) is 73.3 Å². The highest BCUT2D eigenvalue weighted by atomic mass is 32.2. The van der Waals surface area contributed by atoms with Crippen molar-refractivity contribution in [1.82, 2.24) is 25.2 Å². The number of fused-ring (bicyclic) bond motifs is 3. The van der Waals surface area contributed by atoms with Crippen LogP contribution in [0.25, 0.3) is 10.8 Å². The van der Waals surface area contributed by atoms with Crippen LogP contribution < -0.4 is 20.1 Å². The van der Waals surface area contributed by atoms with Crippen molar-refractivity contribution in [2.24, 2.45) is 17.3 Å². The molecule has 7 rings (SSSR count). The lowest BCUT2D eigenvalue weighted by molar-refractivity contribution is -0.142. The van der Waals surface area contributed by atoms with Crippen LogP contribution in [0.3, 0.4) is 0 Å². The maximum absolute atomic E-state index is 14.7. The van der Waals surface area contributed by atoms with Gasteiger partial charge in [-0.2, -0.15) is 0 Å². The van der Waals surface area contributed by atoms with Crippen LogP contribution in [0.2, 0.25) is 0 Å². The van der Waals surface area contributed by atoms with Crippen LogP contribution in [0.15, 0.2) is 37.1 Å². The van der Waals surface area contributed by atoms with Crippen molar-refractivity contribution < 1.29 is 37.1 Å². The lowest BCUT2D eigenvalue weighted by Crippen LogP contribution is -2.59. The summed E-state index contributed by atoms with van der Waals surface area (Å²) < 4.78 is 40.1. The predicted octanol–water partition coefficient (Wildman–Crippen LogP) is 4.46. The molecule has 1 aromatic carbocycles. The number of amides is 4. The summed E-state index contributed by atoms with van der Waals surface area (Å²) in [7, 11) is -3.88. The van der Waals surface area contributed by atoms with Gasteiger partial charge in [-0.15, -0.1) is 6.58 Å². The Hall–Kier alpha value is -4.20. The zero-order chi connectivity index (χ0) is 38.4. The molecule has 3 saturated carbocycles. The number of aryl methyl sites for hydroxylation is 2. The van der Waals surface area contributed by atoms with Crippen molar-refractivity contribution in [2.75, 3.05) is 13.2 Å². The molecule has 4 amide bonds. The zero-order valence-electron chi connectivity index (χ0n) is 31.5. The van der Waals surface area contributed by atoms with Crippen LogP contribution in [-0.2, 0) is 42.0 Å². The maximum Gasteiger partial charge on any atom is 0.407 e. The molecule has 14 heteroatoms. The fourth-order valence-corrected chi connectivity index (χ4v) is 9.97. The Bertz CT molecular complexity index is 1940. The normalized spacial score (nSPS) is 29.1. The standard InChI is InChI=1S/C40H53N5O8S/c1-5-25-18-24-10-9-16-39(3,4)23-52-38(49)42-33(26-11-7-8-12-26)36(47)45-22-28(53-35-31(19-24)30(25)15-17-41-35)20-32(45)34(46)43-40(21-27(40)6-2)37(48)44-54(50,51)29-13-14-29/h6,15,17-19,26-29,32-33H,2,5,7-14,16,20-23H2,1,3-4H3,(H,42,49)(H,43,46)(H,44,48)/t27-,28-,32+,33+,40-/m1/s1. The van der Waals surface area contributed by atoms with Crippen molar-refractivity contribution in [3.05, 3.63) is 48.2 Å². The number of pyridine rings is 1. The topological polar surface area (TPSA) is 173 Å². The van der Waals surface area contributed by atoms with Crippen LogP contribution in [-0.4, -0.2) is 84.2 Å². The minimum Gasteiger partial charge on any atom is -0.472 e. The number of sulfonamides is 1. The van der Waals surface area contributed by atoms with Gasteiger partial charge in [0.25, 0.3) is 5.91 Å². The molecule has 292 valence electrons. The summed E-state index contributed by atoms with van der Waals surface area (Å²) >= 11 is 0. The highest BCUT2D eigenvalue weighted by Crippen LogP contribution is 2.46. The van der Waals surface area contributed by atoms with Crippen molar-refractivity contribution >= 4 is 44.6 Å². The predicted molar refractivity (Wildman–Crippen MR) is 202 cm³/mol. The summed E-state index contributed by atoms with van der Waals surface area (Å²) in [5, 5.41) is 6.99. The summed E-state index contributed by atoms with van der Waals surface area (Å²) in [6.45, 7) is 10.2. The SMILES string of the molecule is C=C[C@@H]1C[C@]1(NC(=O)[C@@H]1C[C@@H]2CN1C(=O)[C@H](C1CCCC1)NC(=O)OCC(C)(C)CCCc1cc(CC)c3ccnc(c3c1)O2)C(=O)NS(=O)(=O)C1CC1. The number of hydrogen-bond acceptors (Lipinski definition) is 9. The Morgan fingerprint density at radius 2 is 1.87 bits per heavy atom. The van der Waals surface area contributed by atoms with Crippen LogP contribution in [0, 0.1) is 17.3 Å². The molecule has 3 N–H and O–H groups in total. The quantitative estimate of drug-likeness (QED) is 0.328. The van der Waals surface area contributed by atoms with Gasteiger partial charge in [0.15, 0.2) is 0 Å². The van der Waals surface area contributed by atoms with Crippen LogP contribution in [0.5, 0.6) is 5.88 Å². The minimum atomic E-state index is -3.88. The fourth-order valence-electron chi connectivity index (χ4n) is 8.61. The number of nitrogens with zero attached hydrogens (tertiary/aromatic N) is 2. The smallest absolute Gasteiger partial charge is 0.407 e. The molecule has 5 aliphatic rings. The summed E-state index contributed by atoms with van der Waals surface area (Å²) in [5.41, 5.74) is 0.469. The molecular weight excluding hydrogens is 711 g/mol. The maximum atomic E-state index is 14.7. The molecule has 0 unspecified atom stereocenters. The third-order valence-corrected chi connectivity index (χ3v) is 13.9. The molecular formula is C40H53N5O8S. The van der Waals surface area contributed by atoms with E-state index in [-0.39, 0.29) is 37.3 Å². The first kappa shape index (κ1) is 38.1. The number of benzene rings is 1. The number of alkyl carbamates (subject to hydrolysis) is 1. The van der Waals surface area contributed by atoms with E-state index in [4.69, 9.17) is 9.47 Å². The van der Waals surface area contributed by atoms with Gasteiger partial charge >= 0.3 is 6.09 Å². The van der Waals surface area contributed by atoms with Gasteiger partial charge < -0.3 is 25.0 Å². The number of carbonyl (C=O) groups is 4. The Labute approximate surface area is 317 Å². The zero-order valence-corrected chi connectivity index (χ0v) is 32.3. The molecule has 3 aliphatic carbocycles. The molecule has 0 radical (unpaired) electrons. The van der Waals surface area contributed by atoms with E-state index in [1.165, 1.54) is 11.0 Å². The van der Waals surface area contributed by atoms with Gasteiger partial charge in [-0.05, 0) is 97.8 Å². The number of carbonyl (C=O) groups excluding carboxylic acids is 4. The second-order valence-electron chi connectivity index (χ2n) is 16.7. The molecule has 1 aromatic heterocycles. The molecule has 3 heterocycles. The summed E-state index contributed by atoms with van der Waals surface area (Å²) in [6, 6.07) is 4.28. The third kappa shape index (κ3) is 7.81. The van der Waals surface area contributed by atoms with E-state index in [1.807, 2.05) is 6.07 Å². The number of rotatable bonds is 8. The van der Waals surface area contributed by atoms with Gasteiger partial charge in [-0.1, -0.05) is 45.8 Å². The van der Waals surface area contributed by atoms with Crippen molar-refractivity contribution in [3.8, 4) is 5.88 Å². The second kappa shape index (κ2) is 14.8. The van der Waals surface area contributed by atoms with Gasteiger partial charge in [0.1, 0.15) is 23.7 Å². The Kier molecular flexibility index (Phi) is 10.4. The van der Waals surface area contributed by atoms with E-state index in [1.54, 1.807) is 6.20 Å². The van der Waals surface area contributed by atoms with Gasteiger partial charge in [0.05, 0.1) is 18.4 Å². The van der Waals surface area contributed by atoms with Crippen molar-refractivity contribution in [3.63, 3.8) is 0 Å². The monoisotopic (exact) mass is 763 g/mol. The first-order valence-electron chi connectivity index (χ1n) is 19.5. The molecule has 5 atom stereocenters. The van der Waals surface area contributed by atoms with Gasteiger partial charge in [0, 0.05) is 23.9 Å². The molecule has 1 saturated heterocycles. The Morgan fingerprint density at radius 3 is 2.56 bits per heavy atom. The van der Waals surface area contributed by atoms with Crippen molar-refractivity contribution in [1.29, 1.82) is 0 Å². The van der Waals surface area contributed by atoms with E-state index >= 15 is 0 Å². The number of ether oxygens (including phenoxy) is 2. The number of cyclic esters (lactones) is 1. The molecule has 54 heavy (non-hydrogen) atoms. The molecule has 13 nitrogen and oxygen atoms in total. The molecule has 2 aliphatic heterocycles. The largest absolute Gasteiger partial charge is 0.472 e. The van der Waals surface area contributed by atoms with Gasteiger partial charge in [-0.25, -0.2) is 18.2 Å². The first-order chi connectivity index (χ1) is 25.7.